The van der Waals surface area contributed by atoms with E-state index in [4.69, 9.17) is 20.9 Å². The number of rotatable bonds is 4. The topological polar surface area (TPSA) is 69.3 Å². The van der Waals surface area contributed by atoms with Crippen LogP contribution in [0.15, 0.2) is 41.1 Å². The SMILES string of the molecule is CC.COc1nn2c(Cc3ccc(Cl)nc3)cccc2[n+]1-c1c(C)noc1C. The van der Waals surface area contributed by atoms with Crippen LogP contribution in [-0.2, 0) is 6.42 Å². The van der Waals surface area contributed by atoms with Gasteiger partial charge in [0.15, 0.2) is 11.4 Å². The van der Waals surface area contributed by atoms with Crippen molar-refractivity contribution in [1.29, 1.82) is 0 Å². The van der Waals surface area contributed by atoms with Gasteiger partial charge in [0.1, 0.15) is 16.5 Å². The molecule has 0 amide bonds. The third-order valence-electron chi connectivity index (χ3n) is 4.20. The fourth-order valence-electron chi connectivity index (χ4n) is 3.04. The quantitative estimate of drug-likeness (QED) is 0.384. The van der Waals surface area contributed by atoms with Crippen LogP contribution in [-0.4, -0.2) is 26.9 Å². The second kappa shape index (κ2) is 8.39. The molecule has 4 aromatic rings. The smallest absolute Gasteiger partial charge is 0.442 e. The van der Waals surface area contributed by atoms with Gasteiger partial charge in [0.05, 0.1) is 12.2 Å². The second-order valence-electron chi connectivity index (χ2n) is 5.95. The van der Waals surface area contributed by atoms with Gasteiger partial charge in [-0.3, -0.25) is 0 Å². The van der Waals surface area contributed by atoms with Gasteiger partial charge in [0, 0.05) is 25.6 Å². The van der Waals surface area contributed by atoms with Crippen LogP contribution in [0.25, 0.3) is 11.3 Å². The summed E-state index contributed by atoms with van der Waals surface area (Å²) in [7, 11) is 1.60. The van der Waals surface area contributed by atoms with Gasteiger partial charge in [0.2, 0.25) is 0 Å². The minimum atomic E-state index is 0.459. The lowest BCUT2D eigenvalue weighted by molar-refractivity contribution is -0.577. The minimum absolute atomic E-state index is 0.459. The molecule has 7 nitrogen and oxygen atoms in total. The number of fused-ring (bicyclic) bond motifs is 1. The largest absolute Gasteiger partial charge is 0.474 e. The lowest BCUT2D eigenvalue weighted by Crippen LogP contribution is -2.33. The molecule has 0 aliphatic carbocycles. The molecule has 0 saturated carbocycles. The fourth-order valence-corrected chi connectivity index (χ4v) is 3.15. The van der Waals surface area contributed by atoms with Crippen molar-refractivity contribution in [2.24, 2.45) is 0 Å². The molecule has 0 bridgehead atoms. The standard InChI is InChI=1S/C18H17ClN5O2.C2H6/c1-11-17(12(2)26-22-11)23-16-6-4-5-14(24(16)21-18(23)25-3)9-13-7-8-15(19)20-10-13;1-2/h4-8,10H,9H2,1-3H3;1-2H3/q+1;. The van der Waals surface area contributed by atoms with Crippen molar-refractivity contribution in [3.8, 4) is 11.7 Å². The van der Waals surface area contributed by atoms with E-state index in [0.717, 1.165) is 28.3 Å². The Kier molecular flexibility index (Phi) is 5.94. The molecule has 146 valence electrons. The van der Waals surface area contributed by atoms with E-state index in [-0.39, 0.29) is 0 Å². The van der Waals surface area contributed by atoms with Crippen molar-refractivity contribution >= 4 is 17.2 Å². The Morgan fingerprint density at radius 2 is 1.96 bits per heavy atom. The summed E-state index contributed by atoms with van der Waals surface area (Å²) in [5, 5.41) is 9.14. The van der Waals surface area contributed by atoms with Crippen LogP contribution in [0, 0.1) is 13.8 Å². The molecule has 4 aromatic heterocycles. The van der Waals surface area contributed by atoms with Crippen molar-refractivity contribution in [2.45, 2.75) is 34.1 Å². The summed E-state index contributed by atoms with van der Waals surface area (Å²) in [4.78, 5) is 4.14. The summed E-state index contributed by atoms with van der Waals surface area (Å²) >= 11 is 5.88. The summed E-state index contributed by atoms with van der Waals surface area (Å²) < 4.78 is 14.6. The molecule has 0 aromatic carbocycles. The molecule has 0 aliphatic heterocycles. The average Bonchev–Trinajstić information content (AvgIpc) is 3.25. The highest BCUT2D eigenvalue weighted by Crippen LogP contribution is 2.19. The maximum atomic E-state index is 5.88. The number of halogens is 1. The maximum Gasteiger partial charge on any atom is 0.474 e. The molecule has 0 unspecified atom stereocenters. The van der Waals surface area contributed by atoms with E-state index in [1.807, 2.05) is 61.0 Å². The van der Waals surface area contributed by atoms with E-state index in [0.29, 0.717) is 23.3 Å². The molecule has 0 spiro atoms. The van der Waals surface area contributed by atoms with Gasteiger partial charge in [-0.15, -0.1) is 0 Å². The molecule has 0 fully saturated rings. The van der Waals surface area contributed by atoms with Crippen LogP contribution in [0.3, 0.4) is 0 Å². The van der Waals surface area contributed by atoms with Crippen molar-refractivity contribution in [3.63, 3.8) is 0 Å². The predicted molar refractivity (Wildman–Crippen MR) is 106 cm³/mol. The van der Waals surface area contributed by atoms with Gasteiger partial charge in [0.25, 0.3) is 5.65 Å². The lowest BCUT2D eigenvalue weighted by Gasteiger charge is -2.01. The van der Waals surface area contributed by atoms with Gasteiger partial charge in [-0.2, -0.15) is 4.57 Å². The molecule has 8 heteroatoms. The number of aryl methyl sites for hydroxylation is 2. The molecule has 0 atom stereocenters. The Hall–Kier alpha value is -2.93. The Morgan fingerprint density at radius 3 is 2.57 bits per heavy atom. The minimum Gasteiger partial charge on any atom is -0.442 e. The molecule has 0 saturated heterocycles. The number of hydrogen-bond acceptors (Lipinski definition) is 5. The van der Waals surface area contributed by atoms with Crippen LogP contribution < -0.4 is 9.30 Å². The molecule has 4 rings (SSSR count). The molecular weight excluding hydrogens is 378 g/mol. The third kappa shape index (κ3) is 3.57. The van der Waals surface area contributed by atoms with Gasteiger partial charge in [-0.05, 0) is 24.6 Å². The highest BCUT2D eigenvalue weighted by Gasteiger charge is 2.29. The molecular formula is C20H23ClN5O2+. The summed E-state index contributed by atoms with van der Waals surface area (Å²) in [6.45, 7) is 7.76. The van der Waals surface area contributed by atoms with Gasteiger partial charge >= 0.3 is 6.01 Å². The van der Waals surface area contributed by atoms with Gasteiger partial charge in [-0.1, -0.05) is 47.3 Å². The van der Waals surface area contributed by atoms with Crippen molar-refractivity contribution in [3.05, 3.63) is 64.4 Å². The van der Waals surface area contributed by atoms with Crippen LogP contribution >= 0.6 is 11.6 Å². The van der Waals surface area contributed by atoms with Crippen LogP contribution in [0.2, 0.25) is 5.15 Å². The van der Waals surface area contributed by atoms with E-state index >= 15 is 0 Å². The first-order valence-corrected chi connectivity index (χ1v) is 9.46. The predicted octanol–water partition coefficient (Wildman–Crippen LogP) is 3.89. The van der Waals surface area contributed by atoms with Crippen LogP contribution in [0.4, 0.5) is 0 Å². The van der Waals surface area contributed by atoms with E-state index in [9.17, 15) is 0 Å². The average molecular weight is 401 g/mol. The summed E-state index contributed by atoms with van der Waals surface area (Å²) in [6.07, 6.45) is 2.43. The Balaban J connectivity index is 0.00000109. The van der Waals surface area contributed by atoms with Crippen LogP contribution in [0.5, 0.6) is 6.01 Å². The molecule has 28 heavy (non-hydrogen) atoms. The monoisotopic (exact) mass is 400 g/mol. The molecule has 4 heterocycles. The van der Waals surface area contributed by atoms with E-state index in [2.05, 4.69) is 15.2 Å². The summed E-state index contributed by atoms with van der Waals surface area (Å²) in [5.41, 5.74) is 4.50. The zero-order valence-corrected chi connectivity index (χ0v) is 17.4. The maximum absolute atomic E-state index is 5.88. The van der Waals surface area contributed by atoms with E-state index < -0.39 is 0 Å². The number of aromatic nitrogens is 5. The normalized spacial score (nSPS) is 10.6. The highest BCUT2D eigenvalue weighted by molar-refractivity contribution is 6.29. The summed E-state index contributed by atoms with van der Waals surface area (Å²) in [6, 6.07) is 10.2. The number of pyridine rings is 2. The Bertz CT molecular complexity index is 1070. The number of ether oxygens (including phenoxy) is 1. The number of nitrogens with zero attached hydrogens (tertiary/aromatic N) is 5. The lowest BCUT2D eigenvalue weighted by atomic mass is 10.1. The van der Waals surface area contributed by atoms with E-state index in [1.165, 1.54) is 0 Å². The van der Waals surface area contributed by atoms with Gasteiger partial charge < -0.3 is 9.26 Å². The summed E-state index contributed by atoms with van der Waals surface area (Å²) in [5.74, 6) is 0.702. The highest BCUT2D eigenvalue weighted by atomic mass is 35.5. The third-order valence-corrected chi connectivity index (χ3v) is 4.43. The van der Waals surface area contributed by atoms with Gasteiger partial charge in [-0.25, -0.2) is 4.98 Å². The molecule has 0 radical (unpaired) electrons. The second-order valence-corrected chi connectivity index (χ2v) is 6.34. The molecule has 0 N–H and O–H groups in total. The molecule has 0 aliphatic rings. The van der Waals surface area contributed by atoms with Crippen molar-refractivity contribution in [2.75, 3.05) is 7.11 Å². The number of hydrogen-bond donors (Lipinski definition) is 0. The number of methoxy groups -OCH3 is 1. The van der Waals surface area contributed by atoms with Crippen molar-refractivity contribution < 1.29 is 13.8 Å². The first-order valence-electron chi connectivity index (χ1n) is 9.09. The zero-order valence-electron chi connectivity index (χ0n) is 16.6. The van der Waals surface area contributed by atoms with Crippen molar-refractivity contribution in [1.82, 2.24) is 19.8 Å². The fraction of sp³-hybridized carbons (Fsp3) is 0.300. The van der Waals surface area contributed by atoms with Crippen LogP contribution in [0.1, 0.15) is 36.6 Å². The Morgan fingerprint density at radius 1 is 1.18 bits per heavy atom. The first kappa shape index (κ1) is 19.8. The van der Waals surface area contributed by atoms with E-state index in [1.54, 1.807) is 19.4 Å². The Labute approximate surface area is 168 Å². The first-order chi connectivity index (χ1) is 13.6. The zero-order chi connectivity index (χ0) is 20.3.